The summed E-state index contributed by atoms with van der Waals surface area (Å²) in [5.74, 6) is 0. The SMILES string of the molecule is Clc1cccc2n[nH]c(C3CCCCO3)c12. The van der Waals surface area contributed by atoms with Crippen LogP contribution in [-0.2, 0) is 4.74 Å². The van der Waals surface area contributed by atoms with Crippen LogP contribution in [0.25, 0.3) is 10.9 Å². The number of aromatic nitrogens is 2. The van der Waals surface area contributed by atoms with E-state index in [1.807, 2.05) is 18.2 Å². The lowest BCUT2D eigenvalue weighted by Crippen LogP contribution is -2.12. The summed E-state index contributed by atoms with van der Waals surface area (Å²) in [6.07, 6.45) is 3.52. The fraction of sp³-hybridized carbons (Fsp3) is 0.417. The van der Waals surface area contributed by atoms with Crippen LogP contribution in [0.2, 0.25) is 5.02 Å². The van der Waals surface area contributed by atoms with Crippen molar-refractivity contribution in [3.63, 3.8) is 0 Å². The standard InChI is InChI=1S/C12H13ClN2O/c13-8-4-3-5-9-11(8)12(15-14-9)10-6-1-2-7-16-10/h3-5,10H,1-2,6-7H2,(H,14,15). The smallest absolute Gasteiger partial charge is 0.0995 e. The number of hydrogen-bond acceptors (Lipinski definition) is 2. The average Bonchev–Trinajstić information content (AvgIpc) is 2.75. The molecule has 1 aliphatic heterocycles. The molecule has 1 aromatic heterocycles. The summed E-state index contributed by atoms with van der Waals surface area (Å²) in [7, 11) is 0. The van der Waals surface area contributed by atoms with Crippen LogP contribution in [-0.4, -0.2) is 16.8 Å². The molecule has 0 spiro atoms. The number of nitrogens with zero attached hydrogens (tertiary/aromatic N) is 1. The van der Waals surface area contributed by atoms with Gasteiger partial charge in [0.15, 0.2) is 0 Å². The van der Waals surface area contributed by atoms with E-state index in [9.17, 15) is 0 Å². The Balaban J connectivity index is 2.09. The lowest BCUT2D eigenvalue weighted by Gasteiger charge is -2.21. The van der Waals surface area contributed by atoms with Crippen LogP contribution >= 0.6 is 11.6 Å². The molecule has 1 aliphatic rings. The van der Waals surface area contributed by atoms with E-state index in [4.69, 9.17) is 16.3 Å². The second kappa shape index (κ2) is 4.07. The van der Waals surface area contributed by atoms with Crippen molar-refractivity contribution in [2.45, 2.75) is 25.4 Å². The zero-order valence-corrected chi connectivity index (χ0v) is 9.63. The second-order valence-electron chi connectivity index (χ2n) is 4.13. The molecule has 1 saturated heterocycles. The quantitative estimate of drug-likeness (QED) is 0.824. The van der Waals surface area contributed by atoms with Gasteiger partial charge in [0.25, 0.3) is 0 Å². The fourth-order valence-electron chi connectivity index (χ4n) is 2.25. The van der Waals surface area contributed by atoms with Crippen LogP contribution in [0.3, 0.4) is 0 Å². The van der Waals surface area contributed by atoms with Gasteiger partial charge in [0.2, 0.25) is 0 Å². The summed E-state index contributed by atoms with van der Waals surface area (Å²) >= 11 is 6.21. The lowest BCUT2D eigenvalue weighted by atomic mass is 10.0. The number of rotatable bonds is 1. The van der Waals surface area contributed by atoms with Crippen molar-refractivity contribution in [2.75, 3.05) is 6.61 Å². The topological polar surface area (TPSA) is 37.9 Å². The molecule has 1 atom stereocenters. The maximum absolute atomic E-state index is 6.21. The maximum atomic E-state index is 6.21. The number of halogens is 1. The molecule has 2 aromatic rings. The molecule has 16 heavy (non-hydrogen) atoms. The highest BCUT2D eigenvalue weighted by molar-refractivity contribution is 6.35. The zero-order chi connectivity index (χ0) is 11.0. The van der Waals surface area contributed by atoms with E-state index in [0.29, 0.717) is 0 Å². The molecule has 4 heteroatoms. The predicted octanol–water partition coefficient (Wildman–Crippen LogP) is 3.46. The third-order valence-electron chi connectivity index (χ3n) is 3.06. The summed E-state index contributed by atoms with van der Waals surface area (Å²) in [5.41, 5.74) is 1.94. The number of benzene rings is 1. The van der Waals surface area contributed by atoms with Crippen LogP contribution in [0.5, 0.6) is 0 Å². The van der Waals surface area contributed by atoms with Crippen LogP contribution < -0.4 is 0 Å². The van der Waals surface area contributed by atoms with Gasteiger partial charge in [-0.05, 0) is 31.4 Å². The van der Waals surface area contributed by atoms with Gasteiger partial charge in [0.1, 0.15) is 0 Å². The first-order valence-corrected chi connectivity index (χ1v) is 5.98. The van der Waals surface area contributed by atoms with E-state index in [2.05, 4.69) is 10.2 Å². The summed E-state index contributed by atoms with van der Waals surface area (Å²) in [6, 6.07) is 5.77. The van der Waals surface area contributed by atoms with Crippen molar-refractivity contribution in [1.29, 1.82) is 0 Å². The monoisotopic (exact) mass is 236 g/mol. The Morgan fingerprint density at radius 3 is 3.12 bits per heavy atom. The number of fused-ring (bicyclic) bond motifs is 1. The summed E-state index contributed by atoms with van der Waals surface area (Å²) in [4.78, 5) is 0. The van der Waals surface area contributed by atoms with Gasteiger partial charge in [-0.3, -0.25) is 5.10 Å². The maximum Gasteiger partial charge on any atom is 0.0995 e. The van der Waals surface area contributed by atoms with Gasteiger partial charge in [-0.25, -0.2) is 0 Å². The van der Waals surface area contributed by atoms with Gasteiger partial charge in [0.05, 0.1) is 22.3 Å². The van der Waals surface area contributed by atoms with Gasteiger partial charge < -0.3 is 4.74 Å². The number of H-pyrrole nitrogens is 1. The Hall–Kier alpha value is -1.06. The molecule has 1 fully saturated rings. The normalized spacial score (nSPS) is 21.4. The summed E-state index contributed by atoms with van der Waals surface area (Å²) in [5, 5.41) is 9.09. The van der Waals surface area contributed by atoms with Crippen LogP contribution in [0, 0.1) is 0 Å². The largest absolute Gasteiger partial charge is 0.372 e. The zero-order valence-electron chi connectivity index (χ0n) is 8.87. The molecule has 1 N–H and O–H groups in total. The number of hydrogen-bond donors (Lipinski definition) is 1. The molecule has 0 radical (unpaired) electrons. The molecule has 0 aliphatic carbocycles. The van der Waals surface area contributed by atoms with E-state index in [0.717, 1.165) is 41.1 Å². The van der Waals surface area contributed by atoms with Crippen molar-refractivity contribution in [3.05, 3.63) is 28.9 Å². The molecule has 0 bridgehead atoms. The van der Waals surface area contributed by atoms with Crippen molar-refractivity contribution in [1.82, 2.24) is 10.2 Å². The van der Waals surface area contributed by atoms with E-state index < -0.39 is 0 Å². The van der Waals surface area contributed by atoms with E-state index >= 15 is 0 Å². The van der Waals surface area contributed by atoms with Gasteiger partial charge in [-0.2, -0.15) is 5.10 Å². The Bertz CT molecular complexity index is 503. The first kappa shape index (κ1) is 10.1. The molecule has 1 aromatic carbocycles. The molecule has 3 nitrogen and oxygen atoms in total. The average molecular weight is 237 g/mol. The molecule has 3 rings (SSSR count). The Morgan fingerprint density at radius 2 is 2.31 bits per heavy atom. The first-order chi connectivity index (χ1) is 7.86. The molecule has 84 valence electrons. The minimum atomic E-state index is 0.124. The molecule has 2 heterocycles. The Labute approximate surface area is 98.7 Å². The van der Waals surface area contributed by atoms with Gasteiger partial charge in [0, 0.05) is 12.0 Å². The Morgan fingerprint density at radius 1 is 1.38 bits per heavy atom. The van der Waals surface area contributed by atoms with Gasteiger partial charge in [-0.15, -0.1) is 0 Å². The molecule has 0 amide bonds. The Kier molecular flexibility index (Phi) is 2.58. The molecular formula is C12H13ClN2O. The number of nitrogens with one attached hydrogen (secondary N) is 1. The van der Waals surface area contributed by atoms with Crippen molar-refractivity contribution < 1.29 is 4.74 Å². The highest BCUT2D eigenvalue weighted by Gasteiger charge is 2.21. The molecular weight excluding hydrogens is 224 g/mol. The predicted molar refractivity (Wildman–Crippen MR) is 63.6 cm³/mol. The highest BCUT2D eigenvalue weighted by Crippen LogP contribution is 2.34. The van der Waals surface area contributed by atoms with E-state index in [-0.39, 0.29) is 6.10 Å². The van der Waals surface area contributed by atoms with Crippen molar-refractivity contribution in [2.24, 2.45) is 0 Å². The third-order valence-corrected chi connectivity index (χ3v) is 3.37. The van der Waals surface area contributed by atoms with Crippen LogP contribution in [0.4, 0.5) is 0 Å². The fourth-order valence-corrected chi connectivity index (χ4v) is 2.52. The van der Waals surface area contributed by atoms with Gasteiger partial charge in [-0.1, -0.05) is 17.7 Å². The summed E-state index contributed by atoms with van der Waals surface area (Å²) in [6.45, 7) is 0.829. The van der Waals surface area contributed by atoms with Crippen LogP contribution in [0.15, 0.2) is 18.2 Å². The molecule has 0 saturated carbocycles. The van der Waals surface area contributed by atoms with Crippen molar-refractivity contribution >= 4 is 22.5 Å². The first-order valence-electron chi connectivity index (χ1n) is 5.60. The lowest BCUT2D eigenvalue weighted by molar-refractivity contribution is 0.0131. The third kappa shape index (κ3) is 1.60. The molecule has 1 unspecified atom stereocenters. The second-order valence-corrected chi connectivity index (χ2v) is 4.53. The minimum absolute atomic E-state index is 0.124. The van der Waals surface area contributed by atoms with E-state index in [1.165, 1.54) is 6.42 Å². The van der Waals surface area contributed by atoms with Crippen molar-refractivity contribution in [3.8, 4) is 0 Å². The van der Waals surface area contributed by atoms with Crippen LogP contribution in [0.1, 0.15) is 31.1 Å². The van der Waals surface area contributed by atoms with E-state index in [1.54, 1.807) is 0 Å². The highest BCUT2D eigenvalue weighted by atomic mass is 35.5. The van der Waals surface area contributed by atoms with Gasteiger partial charge >= 0.3 is 0 Å². The number of aromatic amines is 1. The summed E-state index contributed by atoms with van der Waals surface area (Å²) < 4.78 is 5.76. The number of ether oxygens (including phenoxy) is 1. The minimum Gasteiger partial charge on any atom is -0.372 e.